The van der Waals surface area contributed by atoms with Crippen molar-refractivity contribution in [2.75, 3.05) is 0 Å². The van der Waals surface area contributed by atoms with E-state index in [0.717, 1.165) is 43.9 Å². The summed E-state index contributed by atoms with van der Waals surface area (Å²) in [4.78, 5) is 17.1. The molecule has 1 saturated heterocycles. The zero-order valence-electron chi connectivity index (χ0n) is 17.1. The van der Waals surface area contributed by atoms with Crippen LogP contribution < -0.4 is 21.5 Å². The molecule has 2 aromatic carbocycles. The van der Waals surface area contributed by atoms with Crippen LogP contribution in [0.4, 0.5) is 17.6 Å². The normalized spacial score (nSPS) is 21.7. The minimum atomic E-state index is -1.12. The molecule has 2 fully saturated rings. The van der Waals surface area contributed by atoms with E-state index in [0.29, 0.717) is 12.0 Å². The van der Waals surface area contributed by atoms with Gasteiger partial charge in [-0.05, 0) is 48.7 Å². The third-order valence-corrected chi connectivity index (χ3v) is 5.57. The number of halogens is 4. The number of carbonyl (C=O) groups is 1. The van der Waals surface area contributed by atoms with Crippen molar-refractivity contribution in [2.45, 2.75) is 50.4 Å². The summed E-state index contributed by atoms with van der Waals surface area (Å²) in [7, 11) is 0. The van der Waals surface area contributed by atoms with Gasteiger partial charge in [0, 0.05) is 30.1 Å². The summed E-state index contributed by atoms with van der Waals surface area (Å²) in [5.74, 6) is -3.94. The largest absolute Gasteiger partial charge is 0.353 e. The molecule has 2 aliphatic rings. The molecule has 10 heteroatoms. The van der Waals surface area contributed by atoms with E-state index in [1.54, 1.807) is 0 Å². The van der Waals surface area contributed by atoms with Crippen molar-refractivity contribution in [1.82, 2.24) is 21.5 Å². The van der Waals surface area contributed by atoms with E-state index in [4.69, 9.17) is 0 Å². The van der Waals surface area contributed by atoms with Crippen LogP contribution >= 0.6 is 0 Å². The second-order valence-electron chi connectivity index (χ2n) is 7.98. The maximum atomic E-state index is 13.6. The second kappa shape index (κ2) is 9.66. The molecule has 0 radical (unpaired) electrons. The predicted octanol–water partition coefficient (Wildman–Crippen LogP) is 3.43. The minimum absolute atomic E-state index is 0.0459. The van der Waals surface area contributed by atoms with Gasteiger partial charge in [-0.15, -0.1) is 0 Å². The van der Waals surface area contributed by atoms with E-state index in [1.165, 1.54) is 18.2 Å². The maximum Gasteiger partial charge on any atom is 0.258 e. The van der Waals surface area contributed by atoms with Gasteiger partial charge in [0.15, 0.2) is 17.6 Å². The van der Waals surface area contributed by atoms with Gasteiger partial charge in [0.05, 0.1) is 0 Å². The molecular formula is C22H23F4N5O. The fourth-order valence-electron chi connectivity index (χ4n) is 3.96. The van der Waals surface area contributed by atoms with Crippen LogP contribution in [0.5, 0.6) is 0 Å². The first-order valence-corrected chi connectivity index (χ1v) is 10.4. The molecular weight excluding hydrogens is 426 g/mol. The Kier molecular flexibility index (Phi) is 6.71. The zero-order chi connectivity index (χ0) is 22.7. The molecule has 2 unspecified atom stereocenters. The van der Waals surface area contributed by atoms with Crippen LogP contribution in [0.1, 0.15) is 54.1 Å². The topological polar surface area (TPSA) is 77.5 Å². The van der Waals surface area contributed by atoms with Gasteiger partial charge >= 0.3 is 0 Å². The highest BCUT2D eigenvalue weighted by Gasteiger charge is 2.27. The summed E-state index contributed by atoms with van der Waals surface area (Å²) >= 11 is 0. The Morgan fingerprint density at radius 1 is 0.938 bits per heavy atom. The molecule has 6 nitrogen and oxygen atoms in total. The molecule has 4 N–H and O–H groups in total. The highest BCUT2D eigenvalue weighted by atomic mass is 19.2. The molecule has 2 aromatic rings. The van der Waals surface area contributed by atoms with Crippen LogP contribution in [-0.4, -0.2) is 24.1 Å². The van der Waals surface area contributed by atoms with Crippen molar-refractivity contribution in [2.24, 2.45) is 4.99 Å². The number of rotatable bonds is 4. The summed E-state index contributed by atoms with van der Waals surface area (Å²) in [6, 6.07) is 5.93. The molecule has 1 aliphatic carbocycles. The maximum absolute atomic E-state index is 13.6. The fourth-order valence-corrected chi connectivity index (χ4v) is 3.96. The molecule has 0 aromatic heterocycles. The van der Waals surface area contributed by atoms with Gasteiger partial charge in [-0.3, -0.25) is 10.1 Å². The summed E-state index contributed by atoms with van der Waals surface area (Å²) in [6.45, 7) is 0. The van der Waals surface area contributed by atoms with Crippen LogP contribution in [0.15, 0.2) is 41.4 Å². The summed E-state index contributed by atoms with van der Waals surface area (Å²) in [6.07, 6.45) is 3.82. The van der Waals surface area contributed by atoms with Gasteiger partial charge < -0.3 is 5.32 Å². The lowest BCUT2D eigenvalue weighted by atomic mass is 10.0. The summed E-state index contributed by atoms with van der Waals surface area (Å²) in [5, 5.41) is 5.83. The Morgan fingerprint density at radius 2 is 1.66 bits per heavy atom. The van der Waals surface area contributed by atoms with Crippen molar-refractivity contribution in [3.63, 3.8) is 0 Å². The van der Waals surface area contributed by atoms with Crippen LogP contribution in [0.25, 0.3) is 0 Å². The van der Waals surface area contributed by atoms with E-state index in [-0.39, 0.29) is 23.6 Å². The molecule has 0 bridgehead atoms. The highest BCUT2D eigenvalue weighted by Crippen LogP contribution is 2.24. The van der Waals surface area contributed by atoms with Crippen LogP contribution in [0.3, 0.4) is 0 Å². The first-order chi connectivity index (χ1) is 15.4. The lowest BCUT2D eigenvalue weighted by molar-refractivity contribution is 0.0975. The first-order valence-electron chi connectivity index (χ1n) is 10.4. The lowest BCUT2D eigenvalue weighted by Crippen LogP contribution is -2.46. The number of hydrogen-bond donors (Lipinski definition) is 4. The zero-order valence-corrected chi connectivity index (χ0v) is 17.1. The van der Waals surface area contributed by atoms with Gasteiger partial charge in [-0.25, -0.2) is 33.4 Å². The van der Waals surface area contributed by atoms with Gasteiger partial charge in [-0.1, -0.05) is 12.8 Å². The van der Waals surface area contributed by atoms with Crippen molar-refractivity contribution in [3.05, 3.63) is 70.8 Å². The van der Waals surface area contributed by atoms with Gasteiger partial charge in [-0.2, -0.15) is 0 Å². The third kappa shape index (κ3) is 5.43. The van der Waals surface area contributed by atoms with Crippen molar-refractivity contribution in [3.8, 4) is 0 Å². The van der Waals surface area contributed by atoms with E-state index in [2.05, 4.69) is 26.5 Å². The number of aliphatic imine (C=N–C) groups is 1. The van der Waals surface area contributed by atoms with Gasteiger partial charge in [0.25, 0.3) is 5.91 Å². The number of hydrazine groups is 1. The lowest BCUT2D eigenvalue weighted by Gasteiger charge is -2.18. The van der Waals surface area contributed by atoms with E-state index >= 15 is 0 Å². The van der Waals surface area contributed by atoms with E-state index < -0.39 is 35.3 Å². The quantitative estimate of drug-likeness (QED) is 0.328. The van der Waals surface area contributed by atoms with Crippen LogP contribution in [0.2, 0.25) is 0 Å². The predicted molar refractivity (Wildman–Crippen MR) is 110 cm³/mol. The van der Waals surface area contributed by atoms with Crippen LogP contribution in [0, 0.1) is 23.3 Å². The van der Waals surface area contributed by atoms with Crippen LogP contribution in [-0.2, 0) is 0 Å². The number of benzene rings is 2. The Labute approximate surface area is 182 Å². The number of nitrogens with one attached hydrogen (secondary N) is 4. The van der Waals surface area contributed by atoms with Crippen molar-refractivity contribution < 1.29 is 22.4 Å². The Morgan fingerprint density at radius 3 is 2.34 bits per heavy atom. The van der Waals surface area contributed by atoms with Gasteiger partial charge in [0.1, 0.15) is 17.8 Å². The first kappa shape index (κ1) is 22.2. The monoisotopic (exact) mass is 449 g/mol. The number of carbonyl (C=O) groups excluding carboxylic acids is 1. The summed E-state index contributed by atoms with van der Waals surface area (Å²) < 4.78 is 53.8. The van der Waals surface area contributed by atoms with Gasteiger partial charge in [0.2, 0.25) is 0 Å². The Hall–Kier alpha value is -2.98. The average molecular weight is 449 g/mol. The molecule has 4 rings (SSSR count). The minimum Gasteiger partial charge on any atom is -0.353 e. The molecule has 1 saturated carbocycles. The fraction of sp³-hybridized carbons (Fsp3) is 0.364. The number of guanidine groups is 1. The Bertz CT molecular complexity index is 1010. The van der Waals surface area contributed by atoms with E-state index in [1.807, 2.05) is 0 Å². The second-order valence-corrected chi connectivity index (χ2v) is 7.98. The molecule has 2 atom stereocenters. The standard InChI is InChI=1S/C22H23F4N5O/c23-14-7-13(8-15(24)10-14)19-11-20(31-30-19)28-22(27-16-3-1-2-4-16)29-21(32)12-5-6-17(25)18(26)9-12/h5-10,16,19-20,30-31H,1-4,11H2,(H2,27,28,29,32). The molecule has 170 valence electrons. The third-order valence-electron chi connectivity index (χ3n) is 5.57. The molecule has 0 spiro atoms. The molecule has 32 heavy (non-hydrogen) atoms. The molecule has 1 aliphatic heterocycles. The smallest absolute Gasteiger partial charge is 0.258 e. The van der Waals surface area contributed by atoms with Crippen molar-refractivity contribution in [1.29, 1.82) is 0 Å². The average Bonchev–Trinajstić information content (AvgIpc) is 3.41. The highest BCUT2D eigenvalue weighted by molar-refractivity contribution is 6.05. The number of hydrogen-bond acceptors (Lipinski definition) is 4. The number of amides is 1. The summed E-state index contributed by atoms with van der Waals surface area (Å²) in [5.41, 5.74) is 6.29. The number of nitrogens with zero attached hydrogens (tertiary/aromatic N) is 1. The SMILES string of the molecule is O=C(NC(=NC1CC(c2cc(F)cc(F)c2)NN1)NC1CCCC1)c1ccc(F)c(F)c1. The van der Waals surface area contributed by atoms with Crippen molar-refractivity contribution >= 4 is 11.9 Å². The molecule has 1 amide bonds. The van der Waals surface area contributed by atoms with E-state index in [9.17, 15) is 22.4 Å². The Balaban J connectivity index is 1.49. The molecule has 1 heterocycles.